The van der Waals surface area contributed by atoms with Crippen molar-refractivity contribution in [1.82, 2.24) is 19.8 Å². The van der Waals surface area contributed by atoms with E-state index in [1.165, 1.54) is 30.0 Å². The minimum Gasteiger partial charge on any atom is -0.356 e. The van der Waals surface area contributed by atoms with Crippen molar-refractivity contribution in [2.24, 2.45) is 5.92 Å². The predicted octanol–water partition coefficient (Wildman–Crippen LogP) is 0.910. The van der Waals surface area contributed by atoms with Gasteiger partial charge in [0.2, 0.25) is 11.8 Å². The summed E-state index contributed by atoms with van der Waals surface area (Å²) in [6, 6.07) is 3.83. The number of halogens is 1. The second kappa shape index (κ2) is 7.63. The molecule has 0 unspecified atom stereocenters. The van der Waals surface area contributed by atoms with Crippen LogP contribution in [-0.4, -0.2) is 45.9 Å². The molecule has 1 aromatic heterocycles. The second-order valence-corrected chi connectivity index (χ2v) is 6.60. The SMILES string of the molecule is CC(=O)NCC1CCN(C(=O)Cn2cnc3ccc(F)cc3c2=O)CC1. The van der Waals surface area contributed by atoms with Gasteiger partial charge in [0.05, 0.1) is 17.2 Å². The first-order chi connectivity index (χ1) is 12.4. The van der Waals surface area contributed by atoms with E-state index >= 15 is 0 Å². The van der Waals surface area contributed by atoms with Crippen LogP contribution < -0.4 is 10.9 Å². The van der Waals surface area contributed by atoms with E-state index in [0.29, 0.717) is 31.1 Å². The molecular weight excluding hydrogens is 339 g/mol. The average molecular weight is 360 g/mol. The zero-order valence-electron chi connectivity index (χ0n) is 14.6. The largest absolute Gasteiger partial charge is 0.356 e. The summed E-state index contributed by atoms with van der Waals surface area (Å²) < 4.78 is 14.6. The van der Waals surface area contributed by atoms with E-state index in [1.54, 1.807) is 4.90 Å². The first-order valence-corrected chi connectivity index (χ1v) is 8.61. The molecule has 1 aliphatic heterocycles. The third-order valence-corrected chi connectivity index (χ3v) is 4.70. The fourth-order valence-electron chi connectivity index (χ4n) is 3.16. The van der Waals surface area contributed by atoms with Crippen LogP contribution in [0.2, 0.25) is 0 Å². The van der Waals surface area contributed by atoms with Gasteiger partial charge in [0.1, 0.15) is 12.4 Å². The summed E-state index contributed by atoms with van der Waals surface area (Å²) in [6.45, 7) is 3.17. The molecule has 8 heteroatoms. The van der Waals surface area contributed by atoms with Gasteiger partial charge in [-0.25, -0.2) is 9.37 Å². The first-order valence-electron chi connectivity index (χ1n) is 8.61. The summed E-state index contributed by atoms with van der Waals surface area (Å²) in [6.07, 6.45) is 2.94. The van der Waals surface area contributed by atoms with Crippen molar-refractivity contribution in [3.05, 3.63) is 40.7 Å². The van der Waals surface area contributed by atoms with Gasteiger partial charge in [-0.2, -0.15) is 0 Å². The Hall–Kier alpha value is -2.77. The molecule has 3 rings (SSSR count). The van der Waals surface area contributed by atoms with Crippen LogP contribution in [0.1, 0.15) is 19.8 Å². The lowest BCUT2D eigenvalue weighted by molar-refractivity contribution is -0.133. The molecule has 2 heterocycles. The summed E-state index contributed by atoms with van der Waals surface area (Å²) >= 11 is 0. The number of nitrogens with one attached hydrogen (secondary N) is 1. The molecule has 2 aromatic rings. The number of amides is 2. The molecule has 26 heavy (non-hydrogen) atoms. The first kappa shape index (κ1) is 18.0. The Bertz CT molecular complexity index is 888. The number of hydrogen-bond acceptors (Lipinski definition) is 4. The Balaban J connectivity index is 1.64. The molecule has 138 valence electrons. The van der Waals surface area contributed by atoms with Gasteiger partial charge < -0.3 is 10.2 Å². The highest BCUT2D eigenvalue weighted by Gasteiger charge is 2.23. The second-order valence-electron chi connectivity index (χ2n) is 6.60. The Kier molecular flexibility index (Phi) is 5.29. The lowest BCUT2D eigenvalue weighted by Crippen LogP contribution is -2.43. The number of hydrogen-bond donors (Lipinski definition) is 1. The maximum absolute atomic E-state index is 13.4. The van der Waals surface area contributed by atoms with Crippen molar-refractivity contribution in [3.63, 3.8) is 0 Å². The van der Waals surface area contributed by atoms with Gasteiger partial charge in [-0.15, -0.1) is 0 Å². The van der Waals surface area contributed by atoms with Gasteiger partial charge >= 0.3 is 0 Å². The quantitative estimate of drug-likeness (QED) is 0.878. The zero-order chi connectivity index (χ0) is 18.7. The summed E-state index contributed by atoms with van der Waals surface area (Å²) in [5.41, 5.74) is -0.0257. The summed E-state index contributed by atoms with van der Waals surface area (Å²) in [5.74, 6) is -0.372. The summed E-state index contributed by atoms with van der Waals surface area (Å²) in [4.78, 5) is 41.7. The van der Waals surface area contributed by atoms with Crippen molar-refractivity contribution in [3.8, 4) is 0 Å². The van der Waals surface area contributed by atoms with Crippen LogP contribution in [0, 0.1) is 11.7 Å². The normalized spacial score (nSPS) is 15.2. The maximum atomic E-state index is 13.4. The molecule has 0 atom stereocenters. The lowest BCUT2D eigenvalue weighted by atomic mass is 9.96. The smallest absolute Gasteiger partial charge is 0.261 e. The maximum Gasteiger partial charge on any atom is 0.261 e. The Labute approximate surface area is 149 Å². The van der Waals surface area contributed by atoms with Gasteiger partial charge in [-0.1, -0.05) is 0 Å². The molecule has 7 nitrogen and oxygen atoms in total. The predicted molar refractivity (Wildman–Crippen MR) is 93.9 cm³/mol. The van der Waals surface area contributed by atoms with E-state index in [2.05, 4.69) is 10.3 Å². The van der Waals surface area contributed by atoms with Crippen LogP contribution in [0.25, 0.3) is 10.9 Å². The standard InChI is InChI=1S/C18H21FN4O3/c1-12(24)20-9-13-4-6-22(7-5-13)17(25)10-23-11-21-16-3-2-14(19)8-15(16)18(23)26/h2-3,8,11,13H,4-7,9-10H2,1H3,(H,20,24). The van der Waals surface area contributed by atoms with Gasteiger partial charge in [0.15, 0.2) is 0 Å². The molecule has 1 N–H and O–H groups in total. The van der Waals surface area contributed by atoms with E-state index in [1.807, 2.05) is 0 Å². The monoisotopic (exact) mass is 360 g/mol. The third-order valence-electron chi connectivity index (χ3n) is 4.70. The fraction of sp³-hybridized carbons (Fsp3) is 0.444. The molecule has 1 saturated heterocycles. The Morgan fingerprint density at radius 3 is 2.73 bits per heavy atom. The van der Waals surface area contributed by atoms with Crippen molar-refractivity contribution < 1.29 is 14.0 Å². The van der Waals surface area contributed by atoms with E-state index in [4.69, 9.17) is 0 Å². The van der Waals surface area contributed by atoms with Crippen LogP contribution in [0.3, 0.4) is 0 Å². The molecule has 0 bridgehead atoms. The average Bonchev–Trinajstić information content (AvgIpc) is 2.63. The number of rotatable bonds is 4. The molecule has 0 radical (unpaired) electrons. The Morgan fingerprint density at radius 1 is 1.31 bits per heavy atom. The molecule has 2 amide bonds. The Morgan fingerprint density at radius 2 is 2.04 bits per heavy atom. The zero-order valence-corrected chi connectivity index (χ0v) is 14.6. The highest BCUT2D eigenvalue weighted by Crippen LogP contribution is 2.17. The molecule has 0 spiro atoms. The van der Waals surface area contributed by atoms with E-state index in [9.17, 15) is 18.8 Å². The topological polar surface area (TPSA) is 84.3 Å². The number of aromatic nitrogens is 2. The minimum absolute atomic E-state index is 0.0527. The lowest BCUT2D eigenvalue weighted by Gasteiger charge is -2.32. The van der Waals surface area contributed by atoms with E-state index in [-0.39, 0.29) is 23.7 Å². The number of carbonyl (C=O) groups excluding carboxylic acids is 2. The van der Waals surface area contributed by atoms with Crippen LogP contribution in [-0.2, 0) is 16.1 Å². The number of likely N-dealkylation sites (tertiary alicyclic amines) is 1. The van der Waals surface area contributed by atoms with Crippen LogP contribution in [0.4, 0.5) is 4.39 Å². The van der Waals surface area contributed by atoms with E-state index < -0.39 is 11.4 Å². The van der Waals surface area contributed by atoms with Crippen LogP contribution in [0.15, 0.2) is 29.3 Å². The van der Waals surface area contributed by atoms with Crippen molar-refractivity contribution in [1.29, 1.82) is 0 Å². The summed E-state index contributed by atoms with van der Waals surface area (Å²) in [5, 5.41) is 2.96. The number of carbonyl (C=O) groups is 2. The van der Waals surface area contributed by atoms with Crippen molar-refractivity contribution >= 4 is 22.7 Å². The molecule has 0 saturated carbocycles. The van der Waals surface area contributed by atoms with Gasteiger partial charge in [-0.05, 0) is 37.0 Å². The molecule has 1 aliphatic rings. The molecule has 1 fully saturated rings. The minimum atomic E-state index is -0.512. The highest BCUT2D eigenvalue weighted by molar-refractivity contribution is 5.79. The van der Waals surface area contributed by atoms with Crippen LogP contribution >= 0.6 is 0 Å². The molecule has 0 aliphatic carbocycles. The summed E-state index contributed by atoms with van der Waals surface area (Å²) in [7, 11) is 0. The van der Waals surface area contributed by atoms with E-state index in [0.717, 1.165) is 18.9 Å². The number of fused-ring (bicyclic) bond motifs is 1. The molecular formula is C18H21FN4O3. The number of benzene rings is 1. The van der Waals surface area contributed by atoms with Crippen molar-refractivity contribution in [2.45, 2.75) is 26.3 Å². The van der Waals surface area contributed by atoms with Crippen LogP contribution in [0.5, 0.6) is 0 Å². The van der Waals surface area contributed by atoms with Gasteiger partial charge in [-0.3, -0.25) is 19.0 Å². The number of nitrogens with zero attached hydrogens (tertiary/aromatic N) is 3. The van der Waals surface area contributed by atoms with Crippen molar-refractivity contribution in [2.75, 3.05) is 19.6 Å². The highest BCUT2D eigenvalue weighted by atomic mass is 19.1. The van der Waals surface area contributed by atoms with Gasteiger partial charge in [0.25, 0.3) is 5.56 Å². The third kappa shape index (κ3) is 4.07. The fourth-order valence-corrected chi connectivity index (χ4v) is 3.16. The van der Waals surface area contributed by atoms with Gasteiger partial charge in [0, 0.05) is 26.6 Å². The number of piperidine rings is 1. The molecule has 1 aromatic carbocycles.